The van der Waals surface area contributed by atoms with Crippen LogP contribution in [0.15, 0.2) is 24.3 Å². The molecule has 1 aliphatic heterocycles. The van der Waals surface area contributed by atoms with Gasteiger partial charge in [-0.25, -0.2) is 0 Å². The Kier molecular flexibility index (Phi) is 9.11. The van der Waals surface area contributed by atoms with Gasteiger partial charge >= 0.3 is 0 Å². The lowest BCUT2D eigenvalue weighted by Crippen LogP contribution is -2.36. The number of ether oxygens (including phenoxy) is 2. The first-order valence-corrected chi connectivity index (χ1v) is 8.41. The third-order valence-electron chi connectivity index (χ3n) is 4.01. The molecule has 1 amide bonds. The van der Waals surface area contributed by atoms with Crippen LogP contribution < -0.4 is 15.8 Å². The monoisotopic (exact) mass is 356 g/mol. The third kappa shape index (κ3) is 7.07. The largest absolute Gasteiger partial charge is 0.493 e. The number of carbonyl (C=O) groups excluding carboxylic acids is 1. The van der Waals surface area contributed by atoms with Crippen molar-refractivity contribution in [2.24, 2.45) is 17.6 Å². The molecule has 1 saturated heterocycles. The predicted octanol–water partition coefficient (Wildman–Crippen LogP) is 3.23. The van der Waals surface area contributed by atoms with E-state index in [0.29, 0.717) is 24.9 Å². The molecule has 2 rings (SSSR count). The Balaban J connectivity index is 0.00000288. The molecule has 24 heavy (non-hydrogen) atoms. The minimum absolute atomic E-state index is 0. The van der Waals surface area contributed by atoms with Crippen molar-refractivity contribution < 1.29 is 14.3 Å². The fourth-order valence-corrected chi connectivity index (χ4v) is 2.61. The zero-order valence-corrected chi connectivity index (χ0v) is 15.3. The molecule has 6 heteroatoms. The molecule has 136 valence electrons. The fraction of sp³-hybridized carbons (Fsp3) is 0.611. The normalized spacial score (nSPS) is 16.3. The highest BCUT2D eigenvalue weighted by molar-refractivity contribution is 5.94. The van der Waals surface area contributed by atoms with E-state index in [9.17, 15) is 4.79 Å². The molecule has 1 aliphatic rings. The van der Waals surface area contributed by atoms with Crippen LogP contribution in [0.4, 0.5) is 5.69 Å². The molecule has 1 aromatic rings. The molecule has 3 N–H and O–H groups in total. The third-order valence-corrected chi connectivity index (χ3v) is 4.01. The van der Waals surface area contributed by atoms with Gasteiger partial charge in [0.25, 0.3) is 0 Å². The number of anilines is 1. The standard InChI is InChI=1S/C18H28N2O3.ClH/c1-13(2)11-17(19)18(21)20-15-3-5-16(6-4-15)23-12-14-7-9-22-10-8-14;/h3-6,13-14,17H,7-12,19H2,1-2H3,(H,20,21);1H/t17-;/m0./s1. The predicted molar refractivity (Wildman–Crippen MR) is 98.8 cm³/mol. The van der Waals surface area contributed by atoms with Crippen LogP contribution in [0.3, 0.4) is 0 Å². The zero-order valence-electron chi connectivity index (χ0n) is 14.5. The maximum absolute atomic E-state index is 12.0. The molecule has 0 spiro atoms. The van der Waals surface area contributed by atoms with Gasteiger partial charge in [-0.3, -0.25) is 4.79 Å². The average Bonchev–Trinajstić information content (AvgIpc) is 2.54. The first-order valence-electron chi connectivity index (χ1n) is 8.41. The lowest BCUT2D eigenvalue weighted by molar-refractivity contribution is -0.117. The zero-order chi connectivity index (χ0) is 16.7. The van der Waals surface area contributed by atoms with Crippen molar-refractivity contribution in [3.8, 4) is 5.75 Å². The van der Waals surface area contributed by atoms with Crippen molar-refractivity contribution >= 4 is 24.0 Å². The van der Waals surface area contributed by atoms with Gasteiger partial charge in [0, 0.05) is 18.9 Å². The van der Waals surface area contributed by atoms with Crippen molar-refractivity contribution in [3.05, 3.63) is 24.3 Å². The Morgan fingerprint density at radius 3 is 2.50 bits per heavy atom. The van der Waals surface area contributed by atoms with Gasteiger partial charge in [0.15, 0.2) is 0 Å². The smallest absolute Gasteiger partial charge is 0.241 e. The van der Waals surface area contributed by atoms with E-state index in [0.717, 1.165) is 37.5 Å². The molecule has 0 radical (unpaired) electrons. The number of amides is 1. The SMILES string of the molecule is CC(C)C[C@H](N)C(=O)Nc1ccc(OCC2CCOCC2)cc1.Cl. The van der Waals surface area contributed by atoms with E-state index in [1.165, 1.54) is 0 Å². The average molecular weight is 357 g/mol. The summed E-state index contributed by atoms with van der Waals surface area (Å²) in [5, 5.41) is 2.84. The Morgan fingerprint density at radius 2 is 1.92 bits per heavy atom. The van der Waals surface area contributed by atoms with E-state index in [4.69, 9.17) is 15.2 Å². The van der Waals surface area contributed by atoms with E-state index in [1.54, 1.807) is 0 Å². The highest BCUT2D eigenvalue weighted by Crippen LogP contribution is 2.20. The van der Waals surface area contributed by atoms with Gasteiger partial charge in [0.05, 0.1) is 12.6 Å². The molecule has 1 heterocycles. The number of rotatable bonds is 7. The highest BCUT2D eigenvalue weighted by Gasteiger charge is 2.16. The molecule has 1 atom stereocenters. The second kappa shape index (κ2) is 10.5. The molecular weight excluding hydrogens is 328 g/mol. The van der Waals surface area contributed by atoms with Crippen LogP contribution in [-0.4, -0.2) is 31.8 Å². The maximum Gasteiger partial charge on any atom is 0.241 e. The molecule has 1 aromatic carbocycles. The number of halogens is 1. The van der Waals surface area contributed by atoms with Crippen LogP contribution in [0.5, 0.6) is 5.75 Å². The lowest BCUT2D eigenvalue weighted by Gasteiger charge is -2.22. The van der Waals surface area contributed by atoms with Crippen molar-refractivity contribution in [2.45, 2.75) is 39.2 Å². The number of nitrogens with two attached hydrogens (primary N) is 1. The van der Waals surface area contributed by atoms with Crippen molar-refractivity contribution in [2.75, 3.05) is 25.1 Å². The molecule has 1 fully saturated rings. The highest BCUT2D eigenvalue weighted by atomic mass is 35.5. The minimum atomic E-state index is -0.473. The van der Waals surface area contributed by atoms with Gasteiger partial charge in [0.1, 0.15) is 5.75 Å². The number of nitrogens with one attached hydrogen (secondary N) is 1. The summed E-state index contributed by atoms with van der Waals surface area (Å²) in [5.74, 6) is 1.64. The topological polar surface area (TPSA) is 73.6 Å². The van der Waals surface area contributed by atoms with Crippen LogP contribution in [0.25, 0.3) is 0 Å². The quantitative estimate of drug-likeness (QED) is 0.786. The van der Waals surface area contributed by atoms with Crippen LogP contribution in [0.1, 0.15) is 33.1 Å². The summed E-state index contributed by atoms with van der Waals surface area (Å²) in [6, 6.07) is 6.98. The Labute approximate surface area is 150 Å². The Morgan fingerprint density at radius 1 is 1.29 bits per heavy atom. The van der Waals surface area contributed by atoms with Crippen molar-refractivity contribution in [1.82, 2.24) is 0 Å². The molecule has 0 saturated carbocycles. The minimum Gasteiger partial charge on any atom is -0.493 e. The van der Waals surface area contributed by atoms with Gasteiger partial charge in [-0.15, -0.1) is 12.4 Å². The second-order valence-corrected chi connectivity index (χ2v) is 6.62. The molecule has 0 aromatic heterocycles. The van der Waals surface area contributed by atoms with Crippen LogP contribution >= 0.6 is 12.4 Å². The second-order valence-electron chi connectivity index (χ2n) is 6.62. The number of carbonyl (C=O) groups is 1. The van der Waals surface area contributed by atoms with Crippen molar-refractivity contribution in [1.29, 1.82) is 0 Å². The van der Waals surface area contributed by atoms with E-state index in [2.05, 4.69) is 19.2 Å². The first-order chi connectivity index (χ1) is 11.0. The van der Waals surface area contributed by atoms with Gasteiger partial charge < -0.3 is 20.5 Å². The van der Waals surface area contributed by atoms with Crippen molar-refractivity contribution in [3.63, 3.8) is 0 Å². The van der Waals surface area contributed by atoms with E-state index in [1.807, 2.05) is 24.3 Å². The summed E-state index contributed by atoms with van der Waals surface area (Å²) in [7, 11) is 0. The molecule has 0 bridgehead atoms. The molecule has 0 unspecified atom stereocenters. The molecule has 0 aliphatic carbocycles. The molecular formula is C18H29ClN2O3. The summed E-state index contributed by atoms with van der Waals surface area (Å²) in [6.45, 7) is 6.48. The van der Waals surface area contributed by atoms with Gasteiger partial charge in [-0.05, 0) is 55.4 Å². The van der Waals surface area contributed by atoms with Gasteiger partial charge in [0.2, 0.25) is 5.91 Å². The summed E-state index contributed by atoms with van der Waals surface area (Å²) in [4.78, 5) is 12.0. The van der Waals surface area contributed by atoms with E-state index < -0.39 is 6.04 Å². The fourth-order valence-electron chi connectivity index (χ4n) is 2.61. The summed E-state index contributed by atoms with van der Waals surface area (Å²) in [5.41, 5.74) is 6.62. The maximum atomic E-state index is 12.0. The summed E-state index contributed by atoms with van der Waals surface area (Å²) >= 11 is 0. The lowest BCUT2D eigenvalue weighted by atomic mass is 10.0. The number of benzene rings is 1. The van der Waals surface area contributed by atoms with Crippen LogP contribution in [-0.2, 0) is 9.53 Å². The van der Waals surface area contributed by atoms with Gasteiger partial charge in [-0.1, -0.05) is 13.8 Å². The first kappa shape index (κ1) is 20.7. The van der Waals surface area contributed by atoms with E-state index in [-0.39, 0.29) is 18.3 Å². The number of hydrogen-bond donors (Lipinski definition) is 2. The number of hydrogen-bond acceptors (Lipinski definition) is 4. The molecule has 5 nitrogen and oxygen atoms in total. The van der Waals surface area contributed by atoms with E-state index >= 15 is 0 Å². The Bertz CT molecular complexity index is 488. The Hall–Kier alpha value is -1.30. The summed E-state index contributed by atoms with van der Waals surface area (Å²) in [6.07, 6.45) is 2.79. The summed E-state index contributed by atoms with van der Waals surface area (Å²) < 4.78 is 11.2. The van der Waals surface area contributed by atoms with Crippen LogP contribution in [0.2, 0.25) is 0 Å². The van der Waals surface area contributed by atoms with Gasteiger partial charge in [-0.2, -0.15) is 0 Å². The van der Waals surface area contributed by atoms with Crippen LogP contribution in [0, 0.1) is 11.8 Å².